The number of para-hydroxylation sites is 1. The van der Waals surface area contributed by atoms with E-state index >= 15 is 0 Å². The predicted molar refractivity (Wildman–Crippen MR) is 84.3 cm³/mol. The van der Waals surface area contributed by atoms with Gasteiger partial charge in [0, 0.05) is 12.1 Å². The van der Waals surface area contributed by atoms with E-state index in [2.05, 4.69) is 37.3 Å². The zero-order valence-electron chi connectivity index (χ0n) is 11.3. The van der Waals surface area contributed by atoms with Crippen LogP contribution in [0.2, 0.25) is 0 Å². The highest BCUT2D eigenvalue weighted by Crippen LogP contribution is 2.34. The Kier molecular flexibility index (Phi) is 3.67. The number of hydrogen-bond donors (Lipinski definition) is 1. The summed E-state index contributed by atoms with van der Waals surface area (Å²) in [7, 11) is 0. The van der Waals surface area contributed by atoms with Crippen LogP contribution in [0.3, 0.4) is 0 Å². The van der Waals surface area contributed by atoms with Crippen LogP contribution in [0.1, 0.15) is 5.56 Å². The number of hydrogen-bond acceptors (Lipinski definition) is 4. The Labute approximate surface area is 122 Å². The van der Waals surface area contributed by atoms with Crippen LogP contribution >= 0.6 is 11.3 Å². The maximum absolute atomic E-state index is 5.66. The van der Waals surface area contributed by atoms with Crippen LogP contribution in [-0.4, -0.2) is 18.1 Å². The summed E-state index contributed by atoms with van der Waals surface area (Å²) in [6, 6.07) is 14.4. The molecule has 4 heteroatoms. The second kappa shape index (κ2) is 5.61. The first-order valence-electron chi connectivity index (χ1n) is 6.57. The highest BCUT2D eigenvalue weighted by atomic mass is 32.1. The van der Waals surface area contributed by atoms with E-state index in [4.69, 9.17) is 15.5 Å². The summed E-state index contributed by atoms with van der Waals surface area (Å²) in [4.78, 5) is 4.72. The van der Waals surface area contributed by atoms with Gasteiger partial charge in [-0.2, -0.15) is 0 Å². The van der Waals surface area contributed by atoms with Crippen LogP contribution < -0.4 is 10.5 Å². The molecular weight excluding hydrogens is 268 g/mol. The van der Waals surface area contributed by atoms with Crippen LogP contribution in [-0.2, 0) is 0 Å². The number of ether oxygens (including phenoxy) is 1. The van der Waals surface area contributed by atoms with Gasteiger partial charge in [0.1, 0.15) is 22.9 Å². The minimum Gasteiger partial charge on any atom is -0.490 e. The van der Waals surface area contributed by atoms with Crippen molar-refractivity contribution in [1.29, 1.82) is 0 Å². The Bertz CT molecular complexity index is 719. The first kappa shape index (κ1) is 13.1. The molecule has 1 aromatic heterocycles. The molecule has 2 aromatic carbocycles. The molecule has 0 aliphatic heterocycles. The average Bonchev–Trinajstić information content (AvgIpc) is 2.90. The molecule has 1 heterocycles. The van der Waals surface area contributed by atoms with Crippen molar-refractivity contribution in [3.05, 3.63) is 48.0 Å². The zero-order chi connectivity index (χ0) is 13.9. The molecule has 0 bridgehead atoms. The number of nitrogens with zero attached hydrogens (tertiary/aromatic N) is 1. The summed E-state index contributed by atoms with van der Waals surface area (Å²) in [6.45, 7) is 3.10. The van der Waals surface area contributed by atoms with Crippen molar-refractivity contribution in [1.82, 2.24) is 4.98 Å². The van der Waals surface area contributed by atoms with Gasteiger partial charge in [-0.05, 0) is 19.1 Å². The van der Waals surface area contributed by atoms with Gasteiger partial charge < -0.3 is 10.5 Å². The summed E-state index contributed by atoms with van der Waals surface area (Å²) >= 11 is 1.68. The average molecular weight is 284 g/mol. The third-order valence-electron chi connectivity index (χ3n) is 3.06. The van der Waals surface area contributed by atoms with Crippen LogP contribution in [0.25, 0.3) is 20.8 Å². The Morgan fingerprint density at radius 3 is 2.70 bits per heavy atom. The normalized spacial score (nSPS) is 10.9. The lowest BCUT2D eigenvalue weighted by molar-refractivity contribution is 0.331. The summed E-state index contributed by atoms with van der Waals surface area (Å²) in [6.07, 6.45) is 0. The van der Waals surface area contributed by atoms with E-state index in [1.807, 2.05) is 12.1 Å². The number of aromatic nitrogens is 1. The molecule has 0 fully saturated rings. The van der Waals surface area contributed by atoms with Gasteiger partial charge in [0.05, 0.1) is 4.70 Å². The second-order valence-corrected chi connectivity index (χ2v) is 5.66. The van der Waals surface area contributed by atoms with Gasteiger partial charge in [-0.1, -0.05) is 35.9 Å². The molecule has 3 aromatic rings. The highest BCUT2D eigenvalue weighted by molar-refractivity contribution is 7.21. The first-order valence-corrected chi connectivity index (χ1v) is 7.39. The molecule has 0 saturated heterocycles. The minimum absolute atomic E-state index is 0.505. The van der Waals surface area contributed by atoms with Crippen LogP contribution in [0.15, 0.2) is 42.5 Å². The fraction of sp³-hybridized carbons (Fsp3) is 0.188. The minimum atomic E-state index is 0.505. The quantitative estimate of drug-likeness (QED) is 0.796. The predicted octanol–water partition coefficient (Wildman–Crippen LogP) is 3.61. The Hall–Kier alpha value is -1.91. The Morgan fingerprint density at radius 1 is 1.15 bits per heavy atom. The molecule has 0 atom stereocenters. The fourth-order valence-corrected chi connectivity index (χ4v) is 3.02. The zero-order valence-corrected chi connectivity index (χ0v) is 12.1. The van der Waals surface area contributed by atoms with Crippen LogP contribution in [0.4, 0.5) is 0 Å². The highest BCUT2D eigenvalue weighted by Gasteiger charge is 2.10. The van der Waals surface area contributed by atoms with E-state index in [1.165, 1.54) is 5.56 Å². The number of aryl methyl sites for hydroxylation is 1. The van der Waals surface area contributed by atoms with Gasteiger partial charge in [-0.25, -0.2) is 4.98 Å². The molecule has 0 aliphatic rings. The maximum Gasteiger partial charge on any atom is 0.146 e. The number of nitrogens with two attached hydrogens (primary N) is 1. The van der Waals surface area contributed by atoms with Crippen LogP contribution in [0, 0.1) is 6.92 Å². The van der Waals surface area contributed by atoms with E-state index in [-0.39, 0.29) is 0 Å². The molecule has 20 heavy (non-hydrogen) atoms. The fourth-order valence-electron chi connectivity index (χ4n) is 2.03. The van der Waals surface area contributed by atoms with Crippen molar-refractivity contribution in [2.24, 2.45) is 5.73 Å². The molecule has 0 amide bonds. The van der Waals surface area contributed by atoms with Crippen molar-refractivity contribution < 1.29 is 4.74 Å². The van der Waals surface area contributed by atoms with Gasteiger partial charge >= 0.3 is 0 Å². The molecule has 3 nitrogen and oxygen atoms in total. The SMILES string of the molecule is Cc1ccc(-c2nc3c(OCCN)cccc3s2)cc1. The molecule has 2 N–H and O–H groups in total. The largest absolute Gasteiger partial charge is 0.490 e. The smallest absolute Gasteiger partial charge is 0.146 e. The Morgan fingerprint density at radius 2 is 1.95 bits per heavy atom. The maximum atomic E-state index is 5.66. The van der Waals surface area contributed by atoms with E-state index in [0.717, 1.165) is 26.5 Å². The molecule has 0 saturated carbocycles. The number of fused-ring (bicyclic) bond motifs is 1. The van der Waals surface area contributed by atoms with Crippen molar-refractivity contribution in [2.45, 2.75) is 6.92 Å². The lowest BCUT2D eigenvalue weighted by atomic mass is 10.2. The van der Waals surface area contributed by atoms with Gasteiger partial charge in [-0.15, -0.1) is 11.3 Å². The molecule has 0 spiro atoms. The number of rotatable bonds is 4. The molecule has 0 radical (unpaired) electrons. The van der Waals surface area contributed by atoms with Crippen LogP contribution in [0.5, 0.6) is 5.75 Å². The summed E-state index contributed by atoms with van der Waals surface area (Å²) in [5.74, 6) is 0.808. The van der Waals surface area contributed by atoms with Crippen molar-refractivity contribution >= 4 is 21.6 Å². The molecule has 0 unspecified atom stereocenters. The standard InChI is InChI=1S/C16H16N2OS/c1-11-5-7-12(8-6-11)16-18-15-13(19-10-9-17)3-2-4-14(15)20-16/h2-8H,9-10,17H2,1H3. The number of benzene rings is 2. The Balaban J connectivity index is 2.03. The van der Waals surface area contributed by atoms with E-state index in [0.29, 0.717) is 13.2 Å². The topological polar surface area (TPSA) is 48.1 Å². The van der Waals surface area contributed by atoms with Gasteiger partial charge in [0.2, 0.25) is 0 Å². The van der Waals surface area contributed by atoms with Gasteiger partial charge in [0.25, 0.3) is 0 Å². The monoisotopic (exact) mass is 284 g/mol. The molecule has 102 valence electrons. The molecule has 3 rings (SSSR count). The summed E-state index contributed by atoms with van der Waals surface area (Å²) in [5.41, 5.74) is 8.80. The lowest BCUT2D eigenvalue weighted by Crippen LogP contribution is -2.10. The van der Waals surface area contributed by atoms with Gasteiger partial charge in [-0.3, -0.25) is 0 Å². The van der Waals surface area contributed by atoms with E-state index < -0.39 is 0 Å². The second-order valence-electron chi connectivity index (χ2n) is 4.63. The van der Waals surface area contributed by atoms with Crippen molar-refractivity contribution in [3.63, 3.8) is 0 Å². The first-order chi connectivity index (χ1) is 9.78. The van der Waals surface area contributed by atoms with E-state index in [1.54, 1.807) is 11.3 Å². The summed E-state index contributed by atoms with van der Waals surface area (Å²) < 4.78 is 6.79. The molecular formula is C16H16N2OS. The lowest BCUT2D eigenvalue weighted by Gasteiger charge is -2.03. The van der Waals surface area contributed by atoms with Crippen molar-refractivity contribution in [2.75, 3.05) is 13.2 Å². The van der Waals surface area contributed by atoms with E-state index in [9.17, 15) is 0 Å². The summed E-state index contributed by atoms with van der Waals surface area (Å²) in [5, 5.41) is 1.02. The molecule has 0 aliphatic carbocycles. The number of thiazole rings is 1. The third-order valence-corrected chi connectivity index (χ3v) is 4.13. The van der Waals surface area contributed by atoms with Crippen molar-refractivity contribution in [3.8, 4) is 16.3 Å². The third kappa shape index (κ3) is 2.53. The van der Waals surface area contributed by atoms with Gasteiger partial charge in [0.15, 0.2) is 0 Å².